The number of thioether (sulfide) groups is 1. The molecule has 2 fully saturated rings. The predicted molar refractivity (Wildman–Crippen MR) is 147 cm³/mol. The van der Waals surface area contributed by atoms with Gasteiger partial charge < -0.3 is 5.32 Å². The monoisotopic (exact) mass is 570 g/mol. The zero-order valence-corrected chi connectivity index (χ0v) is 22.2. The minimum atomic E-state index is -3.86. The molecule has 0 saturated carbocycles. The first-order chi connectivity index (χ1) is 18.0. The van der Waals surface area contributed by atoms with Crippen LogP contribution in [0.5, 0.6) is 0 Å². The summed E-state index contributed by atoms with van der Waals surface area (Å²) in [7, 11) is -3.86. The minimum absolute atomic E-state index is 0.104. The van der Waals surface area contributed by atoms with Gasteiger partial charge in [-0.1, -0.05) is 66.5 Å². The van der Waals surface area contributed by atoms with Gasteiger partial charge in [-0.3, -0.25) is 29.0 Å². The van der Waals surface area contributed by atoms with E-state index in [1.165, 1.54) is 24.3 Å². The Morgan fingerprint density at radius 2 is 1.79 bits per heavy atom. The third-order valence-electron chi connectivity index (χ3n) is 5.72. The maximum absolute atomic E-state index is 13.0. The molecule has 0 aliphatic carbocycles. The van der Waals surface area contributed by atoms with Crippen molar-refractivity contribution in [1.29, 1.82) is 0 Å². The van der Waals surface area contributed by atoms with Gasteiger partial charge in [-0.25, -0.2) is 13.6 Å². The quantitative estimate of drug-likeness (QED) is 0.279. The van der Waals surface area contributed by atoms with Gasteiger partial charge in [0.05, 0.1) is 16.2 Å². The molecule has 3 N–H and O–H groups in total. The number of rotatable bonds is 8. The highest BCUT2D eigenvalue weighted by Crippen LogP contribution is 2.35. The first-order valence-corrected chi connectivity index (χ1v) is 14.1. The molecule has 0 radical (unpaired) electrons. The number of carbonyl (C=O) groups excluding carboxylic acids is 4. The maximum atomic E-state index is 13.0. The van der Waals surface area contributed by atoms with Crippen molar-refractivity contribution < 1.29 is 27.6 Å². The van der Waals surface area contributed by atoms with E-state index in [0.717, 1.165) is 27.1 Å². The van der Waals surface area contributed by atoms with E-state index in [2.05, 4.69) is 5.32 Å². The zero-order chi connectivity index (χ0) is 27.4. The Morgan fingerprint density at radius 1 is 1.11 bits per heavy atom. The van der Waals surface area contributed by atoms with Crippen molar-refractivity contribution in [2.24, 2.45) is 5.14 Å². The molecule has 38 heavy (non-hydrogen) atoms. The fourth-order valence-electron chi connectivity index (χ4n) is 3.84. The molecule has 2 aliphatic heterocycles. The third-order valence-corrected chi connectivity index (χ3v) is 8.00. The van der Waals surface area contributed by atoms with E-state index in [0.29, 0.717) is 10.6 Å². The maximum Gasteiger partial charge on any atom is 0.266 e. The number of benzene rings is 2. The van der Waals surface area contributed by atoms with Crippen molar-refractivity contribution in [3.05, 3.63) is 77.2 Å². The summed E-state index contributed by atoms with van der Waals surface area (Å²) in [6, 6.07) is 13.7. The van der Waals surface area contributed by atoms with Crippen LogP contribution in [0, 0.1) is 0 Å². The molecule has 4 rings (SSSR count). The lowest BCUT2D eigenvalue weighted by atomic mass is 10.2. The number of thiocarbonyl (C=S) groups is 1. The third kappa shape index (κ3) is 6.25. The summed E-state index contributed by atoms with van der Waals surface area (Å²) in [6.45, 7) is -0.181. The van der Waals surface area contributed by atoms with Gasteiger partial charge in [0.1, 0.15) is 10.4 Å². The molecule has 2 heterocycles. The Kier molecular flexibility index (Phi) is 8.21. The molecule has 10 nitrogen and oxygen atoms in total. The van der Waals surface area contributed by atoms with Crippen LogP contribution in [0.25, 0.3) is 6.08 Å². The Balaban J connectivity index is 1.35. The van der Waals surface area contributed by atoms with Crippen LogP contribution in [0.2, 0.25) is 0 Å². The van der Waals surface area contributed by atoms with E-state index in [4.69, 9.17) is 17.4 Å². The molecule has 1 atom stereocenters. The average Bonchev–Trinajstić information content (AvgIpc) is 3.31. The van der Waals surface area contributed by atoms with Gasteiger partial charge >= 0.3 is 0 Å². The summed E-state index contributed by atoms with van der Waals surface area (Å²) < 4.78 is 22.9. The van der Waals surface area contributed by atoms with Crippen LogP contribution in [-0.4, -0.2) is 58.8 Å². The Labute approximate surface area is 228 Å². The number of nitrogens with zero attached hydrogens (tertiary/aromatic N) is 2. The van der Waals surface area contributed by atoms with E-state index >= 15 is 0 Å². The van der Waals surface area contributed by atoms with Crippen LogP contribution in [-0.2, 0) is 29.2 Å². The molecule has 0 bridgehead atoms. The number of likely N-dealkylation sites (tertiary alicyclic amines) is 1. The van der Waals surface area contributed by atoms with Gasteiger partial charge in [-0.05, 0) is 35.9 Å². The highest BCUT2D eigenvalue weighted by atomic mass is 32.2. The minimum Gasteiger partial charge on any atom is -0.326 e. The van der Waals surface area contributed by atoms with Gasteiger partial charge in [-0.2, -0.15) is 0 Å². The van der Waals surface area contributed by atoms with Crippen molar-refractivity contribution in [3.8, 4) is 0 Å². The number of nitrogens with one attached hydrogen (secondary N) is 1. The van der Waals surface area contributed by atoms with Gasteiger partial charge in [0, 0.05) is 18.7 Å². The molecule has 0 aromatic heterocycles. The van der Waals surface area contributed by atoms with Gasteiger partial charge in [0.25, 0.3) is 11.8 Å². The van der Waals surface area contributed by atoms with Crippen LogP contribution in [0.4, 0.5) is 5.69 Å². The van der Waals surface area contributed by atoms with E-state index in [9.17, 15) is 27.6 Å². The van der Waals surface area contributed by atoms with Crippen molar-refractivity contribution in [2.45, 2.75) is 23.8 Å². The van der Waals surface area contributed by atoms with Crippen molar-refractivity contribution in [3.63, 3.8) is 0 Å². The fourth-order valence-corrected chi connectivity index (χ4v) is 5.66. The first-order valence-electron chi connectivity index (χ1n) is 11.3. The smallest absolute Gasteiger partial charge is 0.266 e. The molecule has 4 amide bonds. The summed E-state index contributed by atoms with van der Waals surface area (Å²) in [6.07, 6.45) is 4.75. The summed E-state index contributed by atoms with van der Waals surface area (Å²) in [5, 5.41) is 7.62. The number of carbonyl (C=O) groups is 4. The summed E-state index contributed by atoms with van der Waals surface area (Å²) in [5.41, 5.74) is 1.28. The van der Waals surface area contributed by atoms with Crippen LogP contribution in [0.3, 0.4) is 0 Å². The average molecular weight is 571 g/mol. The number of sulfonamides is 1. The Bertz CT molecular complexity index is 1470. The van der Waals surface area contributed by atoms with Gasteiger partial charge in [0.2, 0.25) is 21.8 Å². The lowest BCUT2D eigenvalue weighted by molar-refractivity contribution is -0.141. The second kappa shape index (κ2) is 11.4. The lowest BCUT2D eigenvalue weighted by Crippen LogP contribution is -2.44. The van der Waals surface area contributed by atoms with E-state index in [1.807, 2.05) is 36.4 Å². The van der Waals surface area contributed by atoms with E-state index < -0.39 is 39.7 Å². The Morgan fingerprint density at radius 3 is 2.45 bits per heavy atom. The largest absolute Gasteiger partial charge is 0.326 e. The number of amides is 4. The molecular formula is C25H22N4O6S3. The standard InChI is InChI=1S/C25H22N4O6S3/c26-38(34,35)18-11-9-17(10-12-18)27-21(30)13-14-28-22(31)15-19(23(28)32)29-24(33)20(37-25(29)36)8-4-7-16-5-2-1-3-6-16/h1-12,19H,13-15H2,(H,27,30)(H2,26,34,35)/b7-4+,20-8-/t19-/m0/s1. The number of hydrogen-bond donors (Lipinski definition) is 2. The van der Waals surface area contributed by atoms with Crippen LogP contribution in [0.15, 0.2) is 76.5 Å². The normalized spacial score (nSPS) is 19.3. The van der Waals surface area contributed by atoms with Crippen LogP contribution >= 0.6 is 24.0 Å². The number of hydrogen-bond acceptors (Lipinski definition) is 8. The number of nitrogens with two attached hydrogens (primary N) is 1. The summed E-state index contributed by atoms with van der Waals surface area (Å²) in [4.78, 5) is 53.3. The lowest BCUT2D eigenvalue weighted by Gasteiger charge is -2.21. The van der Waals surface area contributed by atoms with Crippen LogP contribution < -0.4 is 10.5 Å². The highest BCUT2D eigenvalue weighted by molar-refractivity contribution is 8.26. The summed E-state index contributed by atoms with van der Waals surface area (Å²) in [5.74, 6) is -2.05. The topological polar surface area (TPSA) is 147 Å². The summed E-state index contributed by atoms with van der Waals surface area (Å²) >= 11 is 6.38. The van der Waals surface area contributed by atoms with Gasteiger partial charge in [-0.15, -0.1) is 0 Å². The van der Waals surface area contributed by atoms with Crippen molar-refractivity contribution in [2.75, 3.05) is 11.9 Å². The number of primary sulfonamides is 1. The molecule has 0 spiro atoms. The number of imide groups is 1. The second-order valence-corrected chi connectivity index (χ2v) is 11.6. The van der Waals surface area contributed by atoms with Gasteiger partial charge in [0.15, 0.2) is 0 Å². The SMILES string of the molecule is NS(=O)(=O)c1ccc(NC(=O)CCN2C(=O)C[C@H](N3C(=O)/C(=C/C=C/c4ccccc4)SC3=S)C2=O)cc1. The van der Waals surface area contributed by atoms with Crippen LogP contribution in [0.1, 0.15) is 18.4 Å². The van der Waals surface area contributed by atoms with E-state index in [1.54, 1.807) is 12.2 Å². The second-order valence-electron chi connectivity index (χ2n) is 8.31. The molecule has 2 saturated heterocycles. The fraction of sp³-hybridized carbons (Fsp3) is 0.160. The number of allylic oxidation sites excluding steroid dienone is 2. The molecule has 2 aliphatic rings. The van der Waals surface area contributed by atoms with Crippen molar-refractivity contribution >= 4 is 73.7 Å². The zero-order valence-electron chi connectivity index (χ0n) is 19.8. The molecule has 196 valence electrons. The predicted octanol–water partition coefficient (Wildman–Crippen LogP) is 2.25. The molecule has 2 aromatic carbocycles. The van der Waals surface area contributed by atoms with Crippen molar-refractivity contribution in [1.82, 2.24) is 9.80 Å². The number of anilines is 1. The molecular weight excluding hydrogens is 548 g/mol. The molecule has 2 aromatic rings. The van der Waals surface area contributed by atoms with E-state index in [-0.39, 0.29) is 28.6 Å². The Hall–Kier alpha value is -3.65. The first kappa shape index (κ1) is 27.4. The molecule has 13 heteroatoms. The highest BCUT2D eigenvalue weighted by Gasteiger charge is 2.48. The molecule has 0 unspecified atom stereocenters.